The molecule has 0 radical (unpaired) electrons. The minimum atomic E-state index is -0.481. The van der Waals surface area contributed by atoms with Crippen LogP contribution in [0, 0.1) is 5.82 Å². The Bertz CT molecular complexity index is 439. The van der Waals surface area contributed by atoms with Gasteiger partial charge in [-0.2, -0.15) is 0 Å². The SMILES string of the molecule is CNC1CCN(C(=O)c2cccc(Br)c2F)C1. The van der Waals surface area contributed by atoms with Crippen LogP contribution in [-0.2, 0) is 0 Å². The first-order chi connectivity index (χ1) is 8.13. The topological polar surface area (TPSA) is 32.3 Å². The molecule has 0 spiro atoms. The molecule has 1 aliphatic heterocycles. The summed E-state index contributed by atoms with van der Waals surface area (Å²) in [6.45, 7) is 1.32. The fourth-order valence-corrected chi connectivity index (χ4v) is 2.39. The Morgan fingerprint density at radius 2 is 2.35 bits per heavy atom. The second-order valence-electron chi connectivity index (χ2n) is 4.13. The van der Waals surface area contributed by atoms with E-state index in [1.165, 1.54) is 6.07 Å². The molecule has 1 amide bonds. The van der Waals surface area contributed by atoms with Gasteiger partial charge in [0.25, 0.3) is 5.91 Å². The number of rotatable bonds is 2. The minimum absolute atomic E-state index is 0.135. The zero-order valence-corrected chi connectivity index (χ0v) is 11.1. The van der Waals surface area contributed by atoms with Crippen LogP contribution in [0.15, 0.2) is 22.7 Å². The van der Waals surface area contributed by atoms with Crippen molar-refractivity contribution in [2.75, 3.05) is 20.1 Å². The van der Waals surface area contributed by atoms with E-state index in [4.69, 9.17) is 0 Å². The molecule has 17 heavy (non-hydrogen) atoms. The molecule has 92 valence electrons. The quantitative estimate of drug-likeness (QED) is 0.906. The Kier molecular flexibility index (Phi) is 3.79. The predicted molar refractivity (Wildman–Crippen MR) is 67.5 cm³/mol. The molecule has 1 unspecified atom stereocenters. The van der Waals surface area contributed by atoms with E-state index in [0.717, 1.165) is 6.42 Å². The molecule has 2 rings (SSSR count). The van der Waals surface area contributed by atoms with Crippen molar-refractivity contribution in [3.05, 3.63) is 34.1 Å². The predicted octanol–water partition coefficient (Wildman–Crippen LogP) is 2.02. The monoisotopic (exact) mass is 300 g/mol. The van der Waals surface area contributed by atoms with Gasteiger partial charge in [0.2, 0.25) is 0 Å². The molecule has 1 heterocycles. The van der Waals surface area contributed by atoms with Crippen LogP contribution in [0.4, 0.5) is 4.39 Å². The molecule has 0 aliphatic carbocycles. The number of nitrogens with one attached hydrogen (secondary N) is 1. The van der Waals surface area contributed by atoms with Gasteiger partial charge in [0, 0.05) is 19.1 Å². The van der Waals surface area contributed by atoms with E-state index in [-0.39, 0.29) is 11.5 Å². The second-order valence-corrected chi connectivity index (χ2v) is 4.98. The maximum atomic E-state index is 13.8. The molecule has 0 saturated carbocycles. The van der Waals surface area contributed by atoms with Gasteiger partial charge in [0.05, 0.1) is 10.0 Å². The minimum Gasteiger partial charge on any atom is -0.337 e. The van der Waals surface area contributed by atoms with Crippen molar-refractivity contribution in [1.29, 1.82) is 0 Å². The number of likely N-dealkylation sites (tertiary alicyclic amines) is 1. The van der Waals surface area contributed by atoms with Gasteiger partial charge in [0.15, 0.2) is 0 Å². The van der Waals surface area contributed by atoms with E-state index in [1.807, 2.05) is 7.05 Å². The molecular weight excluding hydrogens is 287 g/mol. The Morgan fingerprint density at radius 3 is 3.00 bits per heavy atom. The number of hydrogen-bond acceptors (Lipinski definition) is 2. The summed E-state index contributed by atoms with van der Waals surface area (Å²) >= 11 is 3.09. The maximum absolute atomic E-state index is 13.8. The van der Waals surface area contributed by atoms with Crippen molar-refractivity contribution in [2.45, 2.75) is 12.5 Å². The van der Waals surface area contributed by atoms with Crippen molar-refractivity contribution in [1.82, 2.24) is 10.2 Å². The fraction of sp³-hybridized carbons (Fsp3) is 0.417. The highest BCUT2D eigenvalue weighted by Crippen LogP contribution is 2.21. The Balaban J connectivity index is 2.18. The van der Waals surface area contributed by atoms with Crippen molar-refractivity contribution < 1.29 is 9.18 Å². The highest BCUT2D eigenvalue weighted by Gasteiger charge is 2.27. The van der Waals surface area contributed by atoms with E-state index < -0.39 is 5.82 Å². The number of nitrogens with zero attached hydrogens (tertiary/aromatic N) is 1. The van der Waals surface area contributed by atoms with Crippen LogP contribution in [0.5, 0.6) is 0 Å². The second kappa shape index (κ2) is 5.14. The molecule has 5 heteroatoms. The van der Waals surface area contributed by atoms with E-state index in [1.54, 1.807) is 17.0 Å². The number of carbonyl (C=O) groups is 1. The summed E-state index contributed by atoms with van der Waals surface area (Å²) in [5, 5.41) is 3.13. The summed E-state index contributed by atoms with van der Waals surface area (Å²) in [4.78, 5) is 13.8. The highest BCUT2D eigenvalue weighted by atomic mass is 79.9. The van der Waals surface area contributed by atoms with E-state index in [0.29, 0.717) is 23.6 Å². The first-order valence-electron chi connectivity index (χ1n) is 5.54. The Hall–Kier alpha value is -0.940. The van der Waals surface area contributed by atoms with Gasteiger partial charge in [-0.25, -0.2) is 4.39 Å². The van der Waals surface area contributed by atoms with Gasteiger partial charge in [0.1, 0.15) is 5.82 Å². The van der Waals surface area contributed by atoms with Crippen LogP contribution in [-0.4, -0.2) is 37.0 Å². The summed E-state index contributed by atoms with van der Waals surface area (Å²) in [6, 6.07) is 5.10. The van der Waals surface area contributed by atoms with Gasteiger partial charge in [-0.3, -0.25) is 4.79 Å². The fourth-order valence-electron chi connectivity index (χ4n) is 2.02. The summed E-state index contributed by atoms with van der Waals surface area (Å²) in [6.07, 6.45) is 0.915. The summed E-state index contributed by atoms with van der Waals surface area (Å²) in [7, 11) is 1.87. The number of likely N-dealkylation sites (N-methyl/N-ethyl adjacent to an activating group) is 1. The highest BCUT2D eigenvalue weighted by molar-refractivity contribution is 9.10. The third-order valence-corrected chi connectivity index (χ3v) is 3.68. The molecule has 1 aromatic rings. The van der Waals surface area contributed by atoms with Crippen LogP contribution in [0.3, 0.4) is 0 Å². The first kappa shape index (κ1) is 12.5. The standard InChI is InChI=1S/C12H14BrFN2O/c1-15-8-5-6-16(7-8)12(17)9-3-2-4-10(13)11(9)14/h2-4,8,15H,5-7H2,1H3. The third-order valence-electron chi connectivity index (χ3n) is 3.07. The van der Waals surface area contributed by atoms with Crippen LogP contribution < -0.4 is 5.32 Å². The lowest BCUT2D eigenvalue weighted by Crippen LogP contribution is -2.33. The lowest BCUT2D eigenvalue weighted by atomic mass is 10.2. The molecule has 1 saturated heterocycles. The lowest BCUT2D eigenvalue weighted by molar-refractivity contribution is 0.0785. The van der Waals surface area contributed by atoms with Gasteiger partial charge in [-0.1, -0.05) is 6.07 Å². The largest absolute Gasteiger partial charge is 0.337 e. The van der Waals surface area contributed by atoms with Gasteiger partial charge >= 0.3 is 0 Å². The zero-order chi connectivity index (χ0) is 12.4. The normalized spacial score (nSPS) is 19.7. The number of amides is 1. The molecule has 1 aliphatic rings. The molecule has 3 nitrogen and oxygen atoms in total. The van der Waals surface area contributed by atoms with Crippen molar-refractivity contribution >= 4 is 21.8 Å². The molecule has 1 aromatic carbocycles. The molecule has 1 fully saturated rings. The van der Waals surface area contributed by atoms with E-state index >= 15 is 0 Å². The van der Waals surface area contributed by atoms with Crippen LogP contribution in [0.1, 0.15) is 16.8 Å². The summed E-state index contributed by atoms with van der Waals surface area (Å²) in [5.41, 5.74) is 0.135. The number of benzene rings is 1. The third kappa shape index (κ3) is 2.50. The van der Waals surface area contributed by atoms with E-state index in [9.17, 15) is 9.18 Å². The molecule has 0 aromatic heterocycles. The molecule has 1 N–H and O–H groups in total. The Labute approximate surface area is 108 Å². The van der Waals surface area contributed by atoms with Gasteiger partial charge < -0.3 is 10.2 Å². The number of hydrogen-bond donors (Lipinski definition) is 1. The van der Waals surface area contributed by atoms with E-state index in [2.05, 4.69) is 21.2 Å². The molecule has 1 atom stereocenters. The first-order valence-corrected chi connectivity index (χ1v) is 6.33. The van der Waals surface area contributed by atoms with Gasteiger partial charge in [-0.05, 0) is 41.5 Å². The van der Waals surface area contributed by atoms with Crippen molar-refractivity contribution in [3.8, 4) is 0 Å². The average Bonchev–Trinajstić information content (AvgIpc) is 2.80. The smallest absolute Gasteiger partial charge is 0.256 e. The van der Waals surface area contributed by atoms with Crippen LogP contribution in [0.2, 0.25) is 0 Å². The maximum Gasteiger partial charge on any atom is 0.256 e. The molecular formula is C12H14BrFN2O. The van der Waals surface area contributed by atoms with Crippen molar-refractivity contribution in [2.24, 2.45) is 0 Å². The lowest BCUT2D eigenvalue weighted by Gasteiger charge is -2.17. The Morgan fingerprint density at radius 1 is 1.59 bits per heavy atom. The molecule has 0 bridgehead atoms. The summed E-state index contributed by atoms with van der Waals surface area (Å²) < 4.78 is 14.1. The zero-order valence-electron chi connectivity index (χ0n) is 9.54. The number of carbonyl (C=O) groups excluding carboxylic acids is 1. The van der Waals surface area contributed by atoms with Crippen LogP contribution >= 0.6 is 15.9 Å². The summed E-state index contributed by atoms with van der Waals surface area (Å²) in [5.74, 6) is -0.716. The average molecular weight is 301 g/mol. The van der Waals surface area contributed by atoms with Crippen molar-refractivity contribution in [3.63, 3.8) is 0 Å². The van der Waals surface area contributed by atoms with Gasteiger partial charge in [-0.15, -0.1) is 0 Å². The number of halogens is 2. The van der Waals surface area contributed by atoms with Crippen LogP contribution in [0.25, 0.3) is 0 Å².